The summed E-state index contributed by atoms with van der Waals surface area (Å²) in [7, 11) is 0. The van der Waals surface area contributed by atoms with Gasteiger partial charge in [-0.25, -0.2) is 0 Å². The summed E-state index contributed by atoms with van der Waals surface area (Å²) in [4.78, 5) is 24.2. The molecule has 0 radical (unpaired) electrons. The van der Waals surface area contributed by atoms with Crippen LogP contribution in [0.4, 0.5) is 0 Å². The highest BCUT2D eigenvalue weighted by molar-refractivity contribution is 7.12. The van der Waals surface area contributed by atoms with Gasteiger partial charge in [0.05, 0.1) is 5.56 Å². The molecule has 0 saturated heterocycles. The number of hydrogen-bond donors (Lipinski definition) is 0. The first-order valence-electron chi connectivity index (χ1n) is 5.21. The number of carbonyl (C=O) groups is 2. The van der Waals surface area contributed by atoms with Gasteiger partial charge in [-0.3, -0.25) is 9.59 Å². The SMILES string of the molecule is O=C1C=Cc2scc(-c3ccccc3)c2C1=O. The fourth-order valence-electron chi connectivity index (χ4n) is 1.91. The molecule has 0 N–H and O–H groups in total. The van der Waals surface area contributed by atoms with E-state index in [1.54, 1.807) is 6.08 Å². The van der Waals surface area contributed by atoms with Crippen LogP contribution in [0.1, 0.15) is 15.2 Å². The molecule has 0 unspecified atom stereocenters. The summed E-state index contributed by atoms with van der Waals surface area (Å²) in [5.74, 6) is -0.837. The molecule has 3 rings (SSSR count). The first-order chi connectivity index (χ1) is 8.27. The summed E-state index contributed by atoms with van der Waals surface area (Å²) in [6.07, 6.45) is 3.06. The summed E-state index contributed by atoms with van der Waals surface area (Å²) >= 11 is 1.49. The minimum Gasteiger partial charge on any atom is -0.286 e. The van der Waals surface area contributed by atoms with Crippen LogP contribution in [0.25, 0.3) is 17.2 Å². The molecule has 0 spiro atoms. The van der Waals surface area contributed by atoms with Gasteiger partial charge in [0.25, 0.3) is 0 Å². The smallest absolute Gasteiger partial charge is 0.234 e. The maximum atomic E-state index is 11.9. The molecule has 0 atom stereocenters. The Morgan fingerprint density at radius 3 is 2.47 bits per heavy atom. The fraction of sp³-hybridized carbons (Fsp3) is 0. The van der Waals surface area contributed by atoms with E-state index in [0.29, 0.717) is 5.56 Å². The van der Waals surface area contributed by atoms with Gasteiger partial charge in [0.2, 0.25) is 11.6 Å². The van der Waals surface area contributed by atoms with E-state index in [1.807, 2.05) is 35.7 Å². The first-order valence-corrected chi connectivity index (χ1v) is 6.09. The van der Waals surface area contributed by atoms with Crippen molar-refractivity contribution in [3.05, 3.63) is 52.2 Å². The molecule has 2 nitrogen and oxygen atoms in total. The lowest BCUT2D eigenvalue weighted by Crippen LogP contribution is -2.15. The second kappa shape index (κ2) is 3.79. The molecule has 0 amide bonds. The van der Waals surface area contributed by atoms with E-state index < -0.39 is 11.6 Å². The highest BCUT2D eigenvalue weighted by Gasteiger charge is 2.26. The molecule has 1 aliphatic carbocycles. The molecule has 0 aliphatic heterocycles. The predicted molar refractivity (Wildman–Crippen MR) is 68.1 cm³/mol. The second-order valence-corrected chi connectivity index (χ2v) is 4.69. The maximum Gasteiger partial charge on any atom is 0.234 e. The van der Waals surface area contributed by atoms with E-state index in [0.717, 1.165) is 16.0 Å². The van der Waals surface area contributed by atoms with Crippen LogP contribution < -0.4 is 0 Å². The van der Waals surface area contributed by atoms with Crippen LogP contribution in [0, 0.1) is 0 Å². The topological polar surface area (TPSA) is 34.1 Å². The highest BCUT2D eigenvalue weighted by atomic mass is 32.1. The number of benzene rings is 1. The van der Waals surface area contributed by atoms with Crippen LogP contribution >= 0.6 is 11.3 Å². The van der Waals surface area contributed by atoms with Crippen LogP contribution in [-0.4, -0.2) is 11.6 Å². The molecule has 0 fully saturated rings. The van der Waals surface area contributed by atoms with Crippen LogP contribution in [0.3, 0.4) is 0 Å². The van der Waals surface area contributed by atoms with E-state index >= 15 is 0 Å². The monoisotopic (exact) mass is 240 g/mol. The van der Waals surface area contributed by atoms with E-state index in [-0.39, 0.29) is 0 Å². The van der Waals surface area contributed by atoms with Gasteiger partial charge < -0.3 is 0 Å². The molecular weight excluding hydrogens is 232 g/mol. The van der Waals surface area contributed by atoms with Crippen LogP contribution in [0.5, 0.6) is 0 Å². The Balaban J connectivity index is 2.23. The van der Waals surface area contributed by atoms with Gasteiger partial charge in [-0.2, -0.15) is 0 Å². The number of thiophene rings is 1. The second-order valence-electron chi connectivity index (χ2n) is 3.78. The number of hydrogen-bond acceptors (Lipinski definition) is 3. The Hall–Kier alpha value is -2.00. The Labute approximate surface area is 102 Å². The van der Waals surface area contributed by atoms with Crippen LogP contribution in [0.15, 0.2) is 41.8 Å². The summed E-state index contributed by atoms with van der Waals surface area (Å²) < 4.78 is 0. The van der Waals surface area contributed by atoms with Gasteiger partial charge in [0.1, 0.15) is 0 Å². The van der Waals surface area contributed by atoms with Crippen LogP contribution in [0.2, 0.25) is 0 Å². The van der Waals surface area contributed by atoms with Crippen molar-refractivity contribution in [2.24, 2.45) is 0 Å². The third kappa shape index (κ3) is 1.56. The molecule has 3 heteroatoms. The lowest BCUT2D eigenvalue weighted by atomic mass is 9.95. The van der Waals surface area contributed by atoms with Crippen molar-refractivity contribution in [3.8, 4) is 11.1 Å². The van der Waals surface area contributed by atoms with Gasteiger partial charge in [0, 0.05) is 10.4 Å². The third-order valence-corrected chi connectivity index (χ3v) is 3.69. The Kier molecular flexibility index (Phi) is 2.27. The minimum absolute atomic E-state index is 0.400. The standard InChI is InChI=1S/C14H8O2S/c15-11-6-7-12-13(14(11)16)10(8-17-12)9-4-2-1-3-5-9/h1-8H. The number of ketones is 2. The summed E-state index contributed by atoms with van der Waals surface area (Å²) in [6.45, 7) is 0. The van der Waals surface area contributed by atoms with Gasteiger partial charge in [-0.05, 0) is 23.1 Å². The minimum atomic E-state index is -0.437. The lowest BCUT2D eigenvalue weighted by molar-refractivity contribution is -0.110. The predicted octanol–water partition coefficient (Wildman–Crippen LogP) is 3.19. The zero-order valence-corrected chi connectivity index (χ0v) is 9.66. The molecule has 82 valence electrons. The highest BCUT2D eigenvalue weighted by Crippen LogP contribution is 2.34. The molecule has 1 aromatic carbocycles. The average Bonchev–Trinajstić information content (AvgIpc) is 2.79. The number of allylic oxidation sites excluding steroid dienone is 1. The number of carbonyl (C=O) groups excluding carboxylic acids is 2. The van der Waals surface area contributed by atoms with Crippen LogP contribution in [-0.2, 0) is 4.79 Å². The van der Waals surface area contributed by atoms with E-state index in [9.17, 15) is 9.59 Å². The quantitative estimate of drug-likeness (QED) is 0.717. The van der Waals surface area contributed by atoms with Crippen molar-refractivity contribution >= 4 is 29.0 Å². The van der Waals surface area contributed by atoms with Crippen molar-refractivity contribution in [3.63, 3.8) is 0 Å². The molecule has 17 heavy (non-hydrogen) atoms. The van der Waals surface area contributed by atoms with Crippen molar-refractivity contribution in [1.82, 2.24) is 0 Å². The maximum absolute atomic E-state index is 11.9. The van der Waals surface area contributed by atoms with Crippen molar-refractivity contribution in [1.29, 1.82) is 0 Å². The summed E-state index contributed by atoms with van der Waals surface area (Å²) in [6, 6.07) is 9.65. The molecule has 0 saturated carbocycles. The third-order valence-electron chi connectivity index (χ3n) is 2.74. The molecule has 1 aromatic heterocycles. The lowest BCUT2D eigenvalue weighted by Gasteiger charge is -2.06. The van der Waals surface area contributed by atoms with Gasteiger partial charge in [0.15, 0.2) is 0 Å². The number of rotatable bonds is 1. The molecule has 2 aromatic rings. The Bertz CT molecular complexity index is 635. The van der Waals surface area contributed by atoms with Crippen molar-refractivity contribution < 1.29 is 9.59 Å². The summed E-state index contributed by atoms with van der Waals surface area (Å²) in [5, 5.41) is 1.93. The largest absolute Gasteiger partial charge is 0.286 e. The Morgan fingerprint density at radius 2 is 1.71 bits per heavy atom. The summed E-state index contributed by atoms with van der Waals surface area (Å²) in [5.41, 5.74) is 2.38. The molecule has 1 heterocycles. The zero-order chi connectivity index (χ0) is 11.8. The normalized spacial score (nSPS) is 13.9. The van der Waals surface area contributed by atoms with Crippen molar-refractivity contribution in [2.75, 3.05) is 0 Å². The van der Waals surface area contributed by atoms with Gasteiger partial charge in [-0.15, -0.1) is 11.3 Å². The number of Topliss-reactive ketones (excluding diaryl/α,β-unsaturated/α-hetero) is 1. The van der Waals surface area contributed by atoms with E-state index in [1.165, 1.54) is 17.4 Å². The first kappa shape index (κ1) is 10.2. The van der Waals surface area contributed by atoms with Gasteiger partial charge in [-0.1, -0.05) is 30.3 Å². The number of fused-ring (bicyclic) bond motifs is 1. The van der Waals surface area contributed by atoms with E-state index in [2.05, 4.69) is 0 Å². The van der Waals surface area contributed by atoms with Gasteiger partial charge >= 0.3 is 0 Å². The Morgan fingerprint density at radius 1 is 0.941 bits per heavy atom. The molecule has 0 bridgehead atoms. The average molecular weight is 240 g/mol. The fourth-order valence-corrected chi connectivity index (χ4v) is 2.88. The molecular formula is C14H8O2S. The molecule has 1 aliphatic rings. The zero-order valence-electron chi connectivity index (χ0n) is 8.84. The van der Waals surface area contributed by atoms with E-state index in [4.69, 9.17) is 0 Å². The van der Waals surface area contributed by atoms with Crippen molar-refractivity contribution in [2.45, 2.75) is 0 Å².